The number of piperazine rings is 1. The van der Waals surface area contributed by atoms with Crippen LogP contribution in [0.5, 0.6) is 0 Å². The molecule has 2 N–H and O–H groups in total. The van der Waals surface area contributed by atoms with E-state index in [1.165, 1.54) is 6.42 Å². The Labute approximate surface area is 118 Å². The molecule has 2 rings (SSSR count). The van der Waals surface area contributed by atoms with Crippen molar-refractivity contribution in [3.8, 4) is 0 Å². The van der Waals surface area contributed by atoms with Crippen molar-refractivity contribution in [3.63, 3.8) is 0 Å². The predicted molar refractivity (Wildman–Crippen MR) is 79.3 cm³/mol. The molecule has 2 saturated heterocycles. The molecule has 0 bridgehead atoms. The maximum atomic E-state index is 10.3. The third-order valence-electron chi connectivity index (χ3n) is 4.84. The standard InChI is InChI=1S/C15H31N3O/c1-12-8-13(2)14(3)18(9-12)11-15(19)10-17-6-4-16-5-7-17/h12-16,19H,4-11H2,1-3H3. The van der Waals surface area contributed by atoms with E-state index in [4.69, 9.17) is 0 Å². The fourth-order valence-corrected chi connectivity index (χ4v) is 3.59. The van der Waals surface area contributed by atoms with Crippen LogP contribution < -0.4 is 5.32 Å². The van der Waals surface area contributed by atoms with Crippen LogP contribution in [0, 0.1) is 11.8 Å². The Morgan fingerprint density at radius 2 is 1.84 bits per heavy atom. The molecule has 4 heteroatoms. The summed E-state index contributed by atoms with van der Waals surface area (Å²) in [4.78, 5) is 4.87. The molecule has 0 aromatic rings. The highest BCUT2D eigenvalue weighted by Gasteiger charge is 2.30. The third kappa shape index (κ3) is 4.42. The SMILES string of the molecule is CC1CC(C)C(C)N(CC(O)CN2CCNCC2)C1. The lowest BCUT2D eigenvalue weighted by Gasteiger charge is -2.42. The molecule has 0 saturated carbocycles. The molecule has 0 aromatic heterocycles. The van der Waals surface area contributed by atoms with Gasteiger partial charge in [-0.3, -0.25) is 9.80 Å². The number of nitrogens with one attached hydrogen (secondary N) is 1. The highest BCUT2D eigenvalue weighted by molar-refractivity contribution is 4.84. The average molecular weight is 269 g/mol. The van der Waals surface area contributed by atoms with Gasteiger partial charge in [-0.1, -0.05) is 13.8 Å². The Morgan fingerprint density at radius 1 is 1.16 bits per heavy atom. The van der Waals surface area contributed by atoms with Gasteiger partial charge in [-0.05, 0) is 25.2 Å². The number of aliphatic hydroxyl groups is 1. The highest BCUT2D eigenvalue weighted by atomic mass is 16.3. The molecule has 2 heterocycles. The summed E-state index contributed by atoms with van der Waals surface area (Å²) < 4.78 is 0. The molecule has 2 fully saturated rings. The summed E-state index contributed by atoms with van der Waals surface area (Å²) in [7, 11) is 0. The second kappa shape index (κ2) is 7.02. The van der Waals surface area contributed by atoms with Gasteiger partial charge in [0.2, 0.25) is 0 Å². The van der Waals surface area contributed by atoms with Gasteiger partial charge in [0, 0.05) is 51.9 Å². The van der Waals surface area contributed by atoms with Crippen molar-refractivity contribution in [1.29, 1.82) is 0 Å². The molecule has 2 aliphatic heterocycles. The Bertz CT molecular complexity index is 268. The molecule has 112 valence electrons. The molecule has 4 nitrogen and oxygen atoms in total. The Balaban J connectivity index is 1.78. The number of hydrogen-bond acceptors (Lipinski definition) is 4. The van der Waals surface area contributed by atoms with E-state index in [0.717, 1.165) is 57.6 Å². The fraction of sp³-hybridized carbons (Fsp3) is 1.00. The van der Waals surface area contributed by atoms with Crippen molar-refractivity contribution in [1.82, 2.24) is 15.1 Å². The normalized spacial score (nSPS) is 36.3. The van der Waals surface area contributed by atoms with Crippen LogP contribution in [0.15, 0.2) is 0 Å². The largest absolute Gasteiger partial charge is 0.390 e. The lowest BCUT2D eigenvalue weighted by Crippen LogP contribution is -2.52. The van der Waals surface area contributed by atoms with Crippen molar-refractivity contribution >= 4 is 0 Å². The van der Waals surface area contributed by atoms with E-state index in [2.05, 4.69) is 35.9 Å². The van der Waals surface area contributed by atoms with Crippen molar-refractivity contribution < 1.29 is 5.11 Å². The quantitative estimate of drug-likeness (QED) is 0.785. The number of rotatable bonds is 4. The van der Waals surface area contributed by atoms with Gasteiger partial charge in [0.15, 0.2) is 0 Å². The summed E-state index contributed by atoms with van der Waals surface area (Å²) in [5.41, 5.74) is 0. The van der Waals surface area contributed by atoms with Crippen molar-refractivity contribution in [2.24, 2.45) is 11.8 Å². The lowest BCUT2D eigenvalue weighted by molar-refractivity contribution is 0.0168. The topological polar surface area (TPSA) is 38.7 Å². The molecule has 0 aliphatic carbocycles. The van der Waals surface area contributed by atoms with Gasteiger partial charge in [-0.15, -0.1) is 0 Å². The minimum atomic E-state index is -0.210. The summed E-state index contributed by atoms with van der Waals surface area (Å²) in [6.07, 6.45) is 1.11. The minimum absolute atomic E-state index is 0.210. The van der Waals surface area contributed by atoms with E-state index in [0.29, 0.717) is 6.04 Å². The van der Waals surface area contributed by atoms with Gasteiger partial charge in [0.05, 0.1) is 6.10 Å². The van der Waals surface area contributed by atoms with Crippen LogP contribution in [-0.2, 0) is 0 Å². The average Bonchev–Trinajstić information content (AvgIpc) is 2.36. The van der Waals surface area contributed by atoms with Crippen molar-refractivity contribution in [2.45, 2.75) is 39.3 Å². The maximum Gasteiger partial charge on any atom is 0.0793 e. The first-order valence-electron chi connectivity index (χ1n) is 7.91. The van der Waals surface area contributed by atoms with Gasteiger partial charge in [0.25, 0.3) is 0 Å². The van der Waals surface area contributed by atoms with Crippen molar-refractivity contribution in [3.05, 3.63) is 0 Å². The first-order valence-corrected chi connectivity index (χ1v) is 7.91. The van der Waals surface area contributed by atoms with Crippen LogP contribution in [0.1, 0.15) is 27.2 Å². The molecule has 0 amide bonds. The first-order chi connectivity index (χ1) is 9.06. The van der Waals surface area contributed by atoms with E-state index < -0.39 is 0 Å². The lowest BCUT2D eigenvalue weighted by atomic mass is 9.86. The number of likely N-dealkylation sites (tertiary alicyclic amines) is 1. The van der Waals surface area contributed by atoms with Gasteiger partial charge >= 0.3 is 0 Å². The third-order valence-corrected chi connectivity index (χ3v) is 4.84. The van der Waals surface area contributed by atoms with Crippen LogP contribution in [-0.4, -0.2) is 72.9 Å². The first kappa shape index (κ1) is 15.2. The van der Waals surface area contributed by atoms with E-state index in [1.54, 1.807) is 0 Å². The van der Waals surface area contributed by atoms with E-state index in [-0.39, 0.29) is 6.10 Å². The maximum absolute atomic E-state index is 10.3. The molecule has 0 radical (unpaired) electrons. The van der Waals surface area contributed by atoms with Gasteiger partial charge in [-0.25, -0.2) is 0 Å². The molecular formula is C15H31N3O. The van der Waals surface area contributed by atoms with Gasteiger partial charge in [-0.2, -0.15) is 0 Å². The van der Waals surface area contributed by atoms with Gasteiger partial charge in [0.1, 0.15) is 0 Å². The second-order valence-corrected chi connectivity index (χ2v) is 6.72. The van der Waals surface area contributed by atoms with Crippen LogP contribution in [0.25, 0.3) is 0 Å². The number of nitrogens with zero attached hydrogens (tertiary/aromatic N) is 2. The zero-order valence-corrected chi connectivity index (χ0v) is 12.8. The fourth-order valence-electron chi connectivity index (χ4n) is 3.59. The molecule has 0 spiro atoms. The number of hydrogen-bond donors (Lipinski definition) is 2. The highest BCUT2D eigenvalue weighted by Crippen LogP contribution is 2.26. The van der Waals surface area contributed by atoms with Crippen LogP contribution >= 0.6 is 0 Å². The number of aliphatic hydroxyl groups excluding tert-OH is 1. The molecular weight excluding hydrogens is 238 g/mol. The molecule has 4 unspecified atom stereocenters. The molecule has 2 aliphatic rings. The van der Waals surface area contributed by atoms with Crippen molar-refractivity contribution in [2.75, 3.05) is 45.8 Å². The number of β-amino-alcohol motifs (C(OH)–C–C–N with tert-alkyl or cyclic N) is 1. The predicted octanol–water partition coefficient (Wildman–Crippen LogP) is 0.619. The Hall–Kier alpha value is -0.160. The number of piperidine rings is 1. The summed E-state index contributed by atoms with van der Waals surface area (Å²) in [6.45, 7) is 14.0. The van der Waals surface area contributed by atoms with Crippen LogP contribution in [0.4, 0.5) is 0 Å². The summed E-state index contributed by atoms with van der Waals surface area (Å²) in [5.74, 6) is 1.51. The summed E-state index contributed by atoms with van der Waals surface area (Å²) in [6, 6.07) is 0.605. The van der Waals surface area contributed by atoms with Crippen LogP contribution in [0.2, 0.25) is 0 Å². The monoisotopic (exact) mass is 269 g/mol. The summed E-state index contributed by atoms with van der Waals surface area (Å²) >= 11 is 0. The van der Waals surface area contributed by atoms with E-state index in [1.807, 2.05) is 0 Å². The van der Waals surface area contributed by atoms with Gasteiger partial charge < -0.3 is 10.4 Å². The van der Waals surface area contributed by atoms with E-state index in [9.17, 15) is 5.11 Å². The Kier molecular flexibility index (Phi) is 5.63. The Morgan fingerprint density at radius 3 is 2.53 bits per heavy atom. The molecule has 4 atom stereocenters. The minimum Gasteiger partial charge on any atom is -0.390 e. The van der Waals surface area contributed by atoms with Crippen LogP contribution in [0.3, 0.4) is 0 Å². The zero-order chi connectivity index (χ0) is 13.8. The summed E-state index contributed by atoms with van der Waals surface area (Å²) in [5, 5.41) is 13.7. The smallest absolute Gasteiger partial charge is 0.0793 e. The molecule has 19 heavy (non-hydrogen) atoms. The second-order valence-electron chi connectivity index (χ2n) is 6.72. The van der Waals surface area contributed by atoms with E-state index >= 15 is 0 Å². The zero-order valence-electron chi connectivity index (χ0n) is 12.8. The molecule has 0 aromatic carbocycles.